The molecule has 0 saturated heterocycles. The summed E-state index contributed by atoms with van der Waals surface area (Å²) < 4.78 is 5.35. The zero-order valence-corrected chi connectivity index (χ0v) is 16.1. The van der Waals surface area contributed by atoms with E-state index in [-0.39, 0.29) is 22.7 Å². The average Bonchev–Trinajstić information content (AvgIpc) is 3.00. The number of benzene rings is 3. The molecule has 0 spiro atoms. The Kier molecular flexibility index (Phi) is 4.98. The van der Waals surface area contributed by atoms with Crippen molar-refractivity contribution in [3.63, 3.8) is 0 Å². The van der Waals surface area contributed by atoms with Crippen molar-refractivity contribution in [1.82, 2.24) is 4.90 Å². The number of ketones is 1. The van der Waals surface area contributed by atoms with Gasteiger partial charge in [0.2, 0.25) is 0 Å². The molecule has 3 aromatic carbocycles. The van der Waals surface area contributed by atoms with Gasteiger partial charge in [-0.05, 0) is 42.8 Å². The lowest BCUT2D eigenvalue weighted by Crippen LogP contribution is -2.36. The molecule has 6 heteroatoms. The van der Waals surface area contributed by atoms with E-state index in [0.717, 1.165) is 4.90 Å². The lowest BCUT2D eigenvalue weighted by Gasteiger charge is -2.14. The Balaban J connectivity index is 1.46. The first-order valence-corrected chi connectivity index (χ1v) is 9.32. The van der Waals surface area contributed by atoms with Crippen LogP contribution in [0.4, 0.5) is 0 Å². The van der Waals surface area contributed by atoms with E-state index < -0.39 is 24.3 Å². The van der Waals surface area contributed by atoms with Gasteiger partial charge in [0, 0.05) is 11.1 Å². The largest absolute Gasteiger partial charge is 0.425 e. The van der Waals surface area contributed by atoms with Crippen LogP contribution in [0.2, 0.25) is 0 Å². The molecule has 0 radical (unpaired) electrons. The molecule has 0 unspecified atom stereocenters. The Hall–Kier alpha value is -4.06. The van der Waals surface area contributed by atoms with Gasteiger partial charge in [0.05, 0.1) is 11.1 Å². The van der Waals surface area contributed by atoms with E-state index in [2.05, 4.69) is 0 Å². The van der Waals surface area contributed by atoms with Crippen LogP contribution < -0.4 is 4.74 Å². The van der Waals surface area contributed by atoms with Crippen molar-refractivity contribution in [2.75, 3.05) is 6.54 Å². The van der Waals surface area contributed by atoms with Gasteiger partial charge in [-0.3, -0.25) is 19.3 Å². The zero-order valence-electron chi connectivity index (χ0n) is 16.1. The molecule has 6 nitrogen and oxygen atoms in total. The summed E-state index contributed by atoms with van der Waals surface area (Å²) in [6.07, 6.45) is 0. The van der Waals surface area contributed by atoms with E-state index in [9.17, 15) is 19.2 Å². The van der Waals surface area contributed by atoms with E-state index in [0.29, 0.717) is 16.7 Å². The minimum atomic E-state index is -0.741. The van der Waals surface area contributed by atoms with Gasteiger partial charge in [0.1, 0.15) is 12.3 Å². The topological polar surface area (TPSA) is 80.8 Å². The highest BCUT2D eigenvalue weighted by atomic mass is 16.5. The number of hydrogen-bond acceptors (Lipinski definition) is 5. The van der Waals surface area contributed by atoms with Gasteiger partial charge in [-0.15, -0.1) is 0 Å². The van der Waals surface area contributed by atoms with Gasteiger partial charge in [-0.2, -0.15) is 0 Å². The Labute approximate surface area is 172 Å². The molecule has 3 aromatic rings. The summed E-state index contributed by atoms with van der Waals surface area (Å²) in [4.78, 5) is 50.5. The van der Waals surface area contributed by atoms with Gasteiger partial charge in [0.25, 0.3) is 11.8 Å². The number of carbonyl (C=O) groups is 4. The third kappa shape index (κ3) is 3.51. The van der Waals surface area contributed by atoms with Crippen LogP contribution in [0.5, 0.6) is 5.75 Å². The van der Waals surface area contributed by atoms with Crippen molar-refractivity contribution in [3.8, 4) is 5.75 Å². The minimum absolute atomic E-state index is 0.136. The molecule has 1 aliphatic rings. The number of ether oxygens (including phenoxy) is 1. The van der Waals surface area contributed by atoms with Crippen LogP contribution in [0.25, 0.3) is 0 Å². The second kappa shape index (κ2) is 7.75. The van der Waals surface area contributed by atoms with Crippen molar-refractivity contribution in [3.05, 3.63) is 101 Å². The summed E-state index contributed by atoms with van der Waals surface area (Å²) in [5.74, 6) is -1.65. The summed E-state index contributed by atoms with van der Waals surface area (Å²) in [7, 11) is 0. The lowest BCUT2D eigenvalue weighted by molar-refractivity contribution is -0.134. The van der Waals surface area contributed by atoms with E-state index >= 15 is 0 Å². The Bertz CT molecular complexity index is 1150. The van der Waals surface area contributed by atoms with Crippen LogP contribution in [0, 0.1) is 6.92 Å². The predicted molar refractivity (Wildman–Crippen MR) is 108 cm³/mol. The van der Waals surface area contributed by atoms with Crippen molar-refractivity contribution < 1.29 is 23.9 Å². The molecular formula is C24H17NO5. The molecule has 0 bridgehead atoms. The molecule has 0 saturated carbocycles. The number of hydrogen-bond donors (Lipinski definition) is 0. The second-order valence-corrected chi connectivity index (χ2v) is 6.89. The molecule has 1 aliphatic heterocycles. The van der Waals surface area contributed by atoms with Gasteiger partial charge in [-0.1, -0.05) is 42.5 Å². The fourth-order valence-corrected chi connectivity index (χ4v) is 3.33. The fraction of sp³-hybridized carbons (Fsp3) is 0.0833. The highest BCUT2D eigenvalue weighted by molar-refractivity contribution is 6.22. The van der Waals surface area contributed by atoms with Crippen LogP contribution in [-0.4, -0.2) is 35.0 Å². The molecule has 1 heterocycles. The number of imide groups is 1. The van der Waals surface area contributed by atoms with Crippen molar-refractivity contribution in [1.29, 1.82) is 0 Å². The van der Waals surface area contributed by atoms with Gasteiger partial charge in [0.15, 0.2) is 5.78 Å². The van der Waals surface area contributed by atoms with E-state index in [4.69, 9.17) is 4.74 Å². The van der Waals surface area contributed by atoms with Crippen molar-refractivity contribution in [2.24, 2.45) is 0 Å². The molecular weight excluding hydrogens is 382 g/mol. The maximum atomic E-state index is 12.6. The van der Waals surface area contributed by atoms with E-state index in [1.165, 1.54) is 6.07 Å². The molecule has 0 fully saturated rings. The maximum Gasteiger partial charge on any atom is 0.331 e. The zero-order chi connectivity index (χ0) is 21.3. The first-order chi connectivity index (χ1) is 14.5. The van der Waals surface area contributed by atoms with Crippen molar-refractivity contribution in [2.45, 2.75) is 6.92 Å². The van der Waals surface area contributed by atoms with E-state index in [1.54, 1.807) is 67.6 Å². The number of carbonyl (C=O) groups excluding carboxylic acids is 4. The Morgan fingerprint density at radius 3 is 2.00 bits per heavy atom. The number of amides is 2. The van der Waals surface area contributed by atoms with Crippen LogP contribution >= 0.6 is 0 Å². The molecule has 0 atom stereocenters. The van der Waals surface area contributed by atoms with Crippen LogP contribution in [0.3, 0.4) is 0 Å². The summed E-state index contributed by atoms with van der Waals surface area (Å²) >= 11 is 0. The third-order valence-corrected chi connectivity index (χ3v) is 4.86. The Morgan fingerprint density at radius 2 is 1.40 bits per heavy atom. The highest BCUT2D eigenvalue weighted by Gasteiger charge is 2.36. The highest BCUT2D eigenvalue weighted by Crippen LogP contribution is 2.24. The SMILES string of the molecule is Cc1cc(C(=O)c2ccccc2)ccc1OC(=O)CN1C(=O)c2ccccc2C1=O. The van der Waals surface area contributed by atoms with Gasteiger partial charge >= 0.3 is 5.97 Å². The first-order valence-electron chi connectivity index (χ1n) is 9.32. The molecule has 0 aromatic heterocycles. The monoisotopic (exact) mass is 399 g/mol. The summed E-state index contributed by atoms with van der Waals surface area (Å²) in [5, 5.41) is 0. The molecule has 30 heavy (non-hydrogen) atoms. The van der Waals surface area contributed by atoms with Crippen LogP contribution in [0.15, 0.2) is 72.8 Å². The van der Waals surface area contributed by atoms with E-state index in [1.807, 2.05) is 6.07 Å². The van der Waals surface area contributed by atoms with Gasteiger partial charge < -0.3 is 4.74 Å². The van der Waals surface area contributed by atoms with Crippen molar-refractivity contribution >= 4 is 23.6 Å². The molecule has 0 N–H and O–H groups in total. The molecule has 148 valence electrons. The quantitative estimate of drug-likeness (QED) is 0.284. The lowest BCUT2D eigenvalue weighted by atomic mass is 10.0. The number of esters is 1. The smallest absolute Gasteiger partial charge is 0.331 e. The van der Waals surface area contributed by atoms with Crippen LogP contribution in [0.1, 0.15) is 42.2 Å². The summed E-state index contributed by atoms with van der Waals surface area (Å²) in [5.41, 5.74) is 2.17. The number of rotatable bonds is 5. The molecule has 0 aliphatic carbocycles. The maximum absolute atomic E-state index is 12.6. The van der Waals surface area contributed by atoms with Crippen LogP contribution in [-0.2, 0) is 4.79 Å². The van der Waals surface area contributed by atoms with Gasteiger partial charge in [-0.25, -0.2) is 4.79 Å². The second-order valence-electron chi connectivity index (χ2n) is 6.89. The number of aryl methyl sites for hydroxylation is 1. The Morgan fingerprint density at radius 1 is 0.800 bits per heavy atom. The number of nitrogens with zero attached hydrogens (tertiary/aromatic N) is 1. The minimum Gasteiger partial charge on any atom is -0.425 e. The summed E-state index contributed by atoms with van der Waals surface area (Å²) in [6, 6.07) is 20.0. The third-order valence-electron chi connectivity index (χ3n) is 4.86. The predicted octanol–water partition coefficient (Wildman–Crippen LogP) is 3.43. The molecule has 4 rings (SSSR count). The first kappa shape index (κ1) is 19.3. The summed E-state index contributed by atoms with van der Waals surface area (Å²) in [6.45, 7) is 1.23. The standard InChI is InChI=1S/C24H17NO5/c1-15-13-17(22(27)16-7-3-2-4-8-16)11-12-20(15)30-21(26)14-25-23(28)18-9-5-6-10-19(18)24(25)29/h2-13H,14H2,1H3. The normalized spacial score (nSPS) is 12.6. The average molecular weight is 399 g/mol. The fourth-order valence-electron chi connectivity index (χ4n) is 3.33. The number of fused-ring (bicyclic) bond motifs is 1. The molecule has 2 amide bonds.